The molecule has 6 nitrogen and oxygen atoms in total. The summed E-state index contributed by atoms with van der Waals surface area (Å²) in [6.45, 7) is 11.0. The van der Waals surface area contributed by atoms with E-state index in [0.29, 0.717) is 24.3 Å². The Labute approximate surface area is 154 Å². The summed E-state index contributed by atoms with van der Waals surface area (Å²) >= 11 is 0. The lowest BCUT2D eigenvalue weighted by molar-refractivity contribution is -0.166. The van der Waals surface area contributed by atoms with E-state index in [1.807, 2.05) is 0 Å². The van der Waals surface area contributed by atoms with E-state index in [1.165, 1.54) is 0 Å². The van der Waals surface area contributed by atoms with Gasteiger partial charge in [-0.3, -0.25) is 0 Å². The number of benzene rings is 1. The molecule has 0 spiro atoms. The van der Waals surface area contributed by atoms with Gasteiger partial charge in [-0.15, -0.1) is 13.2 Å². The third-order valence-electron chi connectivity index (χ3n) is 3.42. The number of hydrogen-bond donors (Lipinski definition) is 0. The average molecular weight is 362 g/mol. The van der Waals surface area contributed by atoms with Crippen molar-refractivity contribution in [1.82, 2.24) is 0 Å². The summed E-state index contributed by atoms with van der Waals surface area (Å²) in [4.78, 5) is 24.4. The molecule has 0 radical (unpaired) electrons. The van der Waals surface area contributed by atoms with E-state index in [0.717, 1.165) is 11.1 Å². The molecule has 0 unspecified atom stereocenters. The normalized spacial score (nSPS) is 10.2. The zero-order valence-electron chi connectivity index (χ0n) is 15.6. The van der Waals surface area contributed by atoms with Crippen molar-refractivity contribution < 1.29 is 28.5 Å². The number of rotatable bonds is 11. The number of hydrogen-bond acceptors (Lipinski definition) is 6. The topological polar surface area (TPSA) is 71.1 Å². The molecule has 0 aliphatic rings. The summed E-state index contributed by atoms with van der Waals surface area (Å²) in [5.74, 6) is -0.557. The van der Waals surface area contributed by atoms with Gasteiger partial charge in [-0.2, -0.15) is 0 Å². The highest BCUT2D eigenvalue weighted by atomic mass is 16.6. The van der Waals surface area contributed by atoms with Crippen molar-refractivity contribution in [3.8, 4) is 11.5 Å². The summed E-state index contributed by atoms with van der Waals surface area (Å²) < 4.78 is 21.0. The number of methoxy groups -OCH3 is 1. The van der Waals surface area contributed by atoms with Crippen LogP contribution in [0.3, 0.4) is 0 Å². The molecule has 0 N–H and O–H groups in total. The van der Waals surface area contributed by atoms with Crippen molar-refractivity contribution in [3.05, 3.63) is 48.6 Å². The fourth-order valence-corrected chi connectivity index (χ4v) is 2.35. The summed E-state index contributed by atoms with van der Waals surface area (Å²) in [5.41, 5.74) is 1.46. The fraction of sp³-hybridized carbons (Fsp3) is 0.400. The van der Waals surface area contributed by atoms with Crippen LogP contribution in [0, 0.1) is 0 Å². The van der Waals surface area contributed by atoms with Gasteiger partial charge >= 0.3 is 11.9 Å². The van der Waals surface area contributed by atoms with Crippen LogP contribution >= 0.6 is 0 Å². The Balaban J connectivity index is 3.38. The highest BCUT2D eigenvalue weighted by molar-refractivity contribution is 5.98. The van der Waals surface area contributed by atoms with E-state index in [1.54, 1.807) is 45.2 Å². The SMILES string of the molecule is C=CCc1cc(OC)cc(CC=C)c1OC(C(=O)OCC)C(=O)OCC. The van der Waals surface area contributed by atoms with Gasteiger partial charge in [-0.25, -0.2) is 9.59 Å². The summed E-state index contributed by atoms with van der Waals surface area (Å²) in [7, 11) is 1.56. The predicted octanol–water partition coefficient (Wildman–Crippen LogP) is 3.03. The molecule has 0 fully saturated rings. The van der Waals surface area contributed by atoms with E-state index in [-0.39, 0.29) is 13.2 Å². The molecule has 0 aromatic heterocycles. The third-order valence-corrected chi connectivity index (χ3v) is 3.42. The van der Waals surface area contributed by atoms with Crippen molar-refractivity contribution in [1.29, 1.82) is 0 Å². The van der Waals surface area contributed by atoms with Crippen LogP contribution in [-0.2, 0) is 31.9 Å². The first-order valence-electron chi connectivity index (χ1n) is 8.43. The number of carbonyl (C=O) groups excluding carboxylic acids is 2. The average Bonchev–Trinajstić information content (AvgIpc) is 2.61. The van der Waals surface area contributed by atoms with Gasteiger partial charge in [-0.05, 0) is 38.8 Å². The van der Waals surface area contributed by atoms with Crippen LogP contribution in [0.4, 0.5) is 0 Å². The van der Waals surface area contributed by atoms with E-state index in [2.05, 4.69) is 13.2 Å². The standard InChI is InChI=1S/C20H26O6/c1-6-10-14-12-16(23-5)13-15(11-7-2)17(14)26-18(19(21)24-8-3)20(22)25-9-4/h6-7,12-13,18H,1-2,8-11H2,3-5H3. The van der Waals surface area contributed by atoms with Gasteiger partial charge in [0.25, 0.3) is 6.10 Å². The quantitative estimate of drug-likeness (QED) is 0.342. The van der Waals surface area contributed by atoms with Crippen LogP contribution in [0.2, 0.25) is 0 Å². The third kappa shape index (κ3) is 5.65. The van der Waals surface area contributed by atoms with Crippen molar-refractivity contribution in [2.24, 2.45) is 0 Å². The molecular weight excluding hydrogens is 336 g/mol. The smallest absolute Gasteiger partial charge is 0.359 e. The molecule has 1 aromatic rings. The van der Waals surface area contributed by atoms with Crippen LogP contribution in [0.5, 0.6) is 11.5 Å². The Kier molecular flexibility index (Phi) is 8.98. The lowest BCUT2D eigenvalue weighted by atomic mass is 10.0. The van der Waals surface area contributed by atoms with Crippen LogP contribution < -0.4 is 9.47 Å². The first kappa shape index (κ1) is 21.3. The lowest BCUT2D eigenvalue weighted by Crippen LogP contribution is -2.39. The van der Waals surface area contributed by atoms with Crippen molar-refractivity contribution in [2.45, 2.75) is 32.8 Å². The van der Waals surface area contributed by atoms with Crippen molar-refractivity contribution >= 4 is 11.9 Å². The molecule has 0 heterocycles. The van der Waals surface area contributed by atoms with Gasteiger partial charge in [0, 0.05) is 11.1 Å². The van der Waals surface area contributed by atoms with Crippen LogP contribution in [0.25, 0.3) is 0 Å². The fourth-order valence-electron chi connectivity index (χ4n) is 2.35. The van der Waals surface area contributed by atoms with Gasteiger partial charge in [0.15, 0.2) is 0 Å². The Morgan fingerprint density at radius 3 is 1.81 bits per heavy atom. The molecule has 6 heteroatoms. The first-order valence-corrected chi connectivity index (χ1v) is 8.43. The highest BCUT2D eigenvalue weighted by Gasteiger charge is 2.33. The van der Waals surface area contributed by atoms with Crippen LogP contribution in [0.15, 0.2) is 37.4 Å². The summed E-state index contributed by atoms with van der Waals surface area (Å²) in [6, 6.07) is 3.55. The Morgan fingerprint density at radius 1 is 1.00 bits per heavy atom. The van der Waals surface area contributed by atoms with Gasteiger partial charge in [0.2, 0.25) is 0 Å². The Hall–Kier alpha value is -2.76. The van der Waals surface area contributed by atoms with Crippen molar-refractivity contribution in [2.75, 3.05) is 20.3 Å². The minimum atomic E-state index is -1.50. The van der Waals surface area contributed by atoms with Gasteiger partial charge < -0.3 is 18.9 Å². The van der Waals surface area contributed by atoms with Crippen LogP contribution in [0.1, 0.15) is 25.0 Å². The summed E-state index contributed by atoms with van der Waals surface area (Å²) in [5, 5.41) is 0. The second-order valence-electron chi connectivity index (χ2n) is 5.26. The van der Waals surface area contributed by atoms with Crippen molar-refractivity contribution in [3.63, 3.8) is 0 Å². The largest absolute Gasteiger partial charge is 0.497 e. The zero-order chi connectivity index (χ0) is 19.5. The van der Waals surface area contributed by atoms with Gasteiger partial charge in [0.05, 0.1) is 20.3 Å². The minimum Gasteiger partial charge on any atom is -0.497 e. The van der Waals surface area contributed by atoms with E-state index < -0.39 is 18.0 Å². The number of allylic oxidation sites excluding steroid dienone is 2. The molecule has 26 heavy (non-hydrogen) atoms. The second kappa shape index (κ2) is 11.0. The van der Waals surface area contributed by atoms with Gasteiger partial charge in [0.1, 0.15) is 11.5 Å². The molecule has 0 saturated heterocycles. The minimum absolute atomic E-state index is 0.125. The maximum Gasteiger partial charge on any atom is 0.359 e. The molecule has 1 rings (SSSR count). The van der Waals surface area contributed by atoms with E-state index in [9.17, 15) is 9.59 Å². The molecule has 0 aliphatic heterocycles. The number of carbonyl (C=O) groups is 2. The first-order chi connectivity index (χ1) is 12.5. The Morgan fingerprint density at radius 2 is 1.46 bits per heavy atom. The molecule has 1 aromatic carbocycles. The van der Waals surface area contributed by atoms with E-state index >= 15 is 0 Å². The predicted molar refractivity (Wildman–Crippen MR) is 98.5 cm³/mol. The molecule has 0 bridgehead atoms. The maximum atomic E-state index is 12.2. The zero-order valence-corrected chi connectivity index (χ0v) is 15.6. The lowest BCUT2D eigenvalue weighted by Gasteiger charge is -2.21. The van der Waals surface area contributed by atoms with E-state index in [4.69, 9.17) is 18.9 Å². The second-order valence-corrected chi connectivity index (χ2v) is 5.26. The maximum absolute atomic E-state index is 12.2. The molecule has 0 aliphatic carbocycles. The Bertz CT molecular complexity index is 601. The molecule has 0 saturated carbocycles. The monoisotopic (exact) mass is 362 g/mol. The highest BCUT2D eigenvalue weighted by Crippen LogP contribution is 2.32. The van der Waals surface area contributed by atoms with Crippen LogP contribution in [-0.4, -0.2) is 38.4 Å². The van der Waals surface area contributed by atoms with Gasteiger partial charge in [-0.1, -0.05) is 12.2 Å². The molecule has 142 valence electrons. The molecule has 0 atom stereocenters. The number of esters is 2. The molecule has 0 amide bonds. The summed E-state index contributed by atoms with van der Waals surface area (Å²) in [6.07, 6.45) is 2.83. The number of ether oxygens (including phenoxy) is 4. The molecular formula is C20H26O6.